The first-order valence-corrected chi connectivity index (χ1v) is 4.94. The average Bonchev–Trinajstić information content (AvgIpc) is 2.62. The molecule has 0 aliphatic rings. The van der Waals surface area contributed by atoms with Crippen molar-refractivity contribution in [2.45, 2.75) is 45.3 Å². The number of rotatable bonds is 4. The van der Waals surface area contributed by atoms with Crippen molar-refractivity contribution in [2.24, 2.45) is 5.73 Å². The van der Waals surface area contributed by atoms with E-state index >= 15 is 0 Å². The van der Waals surface area contributed by atoms with Crippen LogP contribution in [0.3, 0.4) is 0 Å². The Morgan fingerprint density at radius 1 is 1.57 bits per heavy atom. The van der Waals surface area contributed by atoms with Crippen LogP contribution in [0.1, 0.15) is 44.2 Å². The second-order valence-corrected chi connectivity index (χ2v) is 3.65. The fourth-order valence-electron chi connectivity index (χ4n) is 1.50. The molecule has 1 atom stereocenters. The molecule has 1 aromatic heterocycles. The summed E-state index contributed by atoms with van der Waals surface area (Å²) in [6, 6.07) is 1.29. The van der Waals surface area contributed by atoms with Crippen LogP contribution in [0.2, 0.25) is 0 Å². The largest absolute Gasteiger partial charge is 0.388 e. The highest BCUT2D eigenvalue weighted by atomic mass is 16.5. The van der Waals surface area contributed by atoms with Gasteiger partial charge in [0.05, 0.1) is 11.6 Å². The second kappa shape index (κ2) is 4.11. The highest BCUT2D eigenvalue weighted by Crippen LogP contribution is 2.29. The van der Waals surface area contributed by atoms with Crippen LogP contribution in [0.5, 0.6) is 0 Å². The predicted molar refractivity (Wildman–Crippen MR) is 53.7 cm³/mol. The first-order chi connectivity index (χ1) is 6.53. The number of nitrogens with zero attached hydrogens (tertiary/aromatic N) is 1. The third kappa shape index (κ3) is 1.96. The molecular formula is C10H18N2O2. The van der Waals surface area contributed by atoms with Crippen LogP contribution in [0.15, 0.2) is 10.6 Å². The summed E-state index contributed by atoms with van der Waals surface area (Å²) >= 11 is 0. The van der Waals surface area contributed by atoms with Gasteiger partial charge >= 0.3 is 0 Å². The lowest BCUT2D eigenvalue weighted by molar-refractivity contribution is 0.00363. The molecule has 1 heterocycles. The summed E-state index contributed by atoms with van der Waals surface area (Å²) in [5.41, 5.74) is 5.67. The molecule has 0 radical (unpaired) electrons. The minimum Gasteiger partial charge on any atom is -0.388 e. The molecule has 1 unspecified atom stereocenters. The van der Waals surface area contributed by atoms with E-state index in [1.54, 1.807) is 13.0 Å². The van der Waals surface area contributed by atoms with Crippen molar-refractivity contribution in [3.63, 3.8) is 0 Å². The first kappa shape index (κ1) is 11.2. The zero-order valence-electron chi connectivity index (χ0n) is 8.95. The van der Waals surface area contributed by atoms with Gasteiger partial charge in [0, 0.05) is 6.07 Å². The van der Waals surface area contributed by atoms with Gasteiger partial charge in [-0.05, 0) is 19.8 Å². The van der Waals surface area contributed by atoms with E-state index in [2.05, 4.69) is 5.16 Å². The molecule has 3 N–H and O–H groups in total. The molecule has 4 heteroatoms. The van der Waals surface area contributed by atoms with Gasteiger partial charge in [-0.2, -0.15) is 0 Å². The van der Waals surface area contributed by atoms with Gasteiger partial charge in [-0.1, -0.05) is 19.0 Å². The zero-order valence-corrected chi connectivity index (χ0v) is 8.95. The van der Waals surface area contributed by atoms with Crippen molar-refractivity contribution in [1.82, 2.24) is 5.16 Å². The molecule has 0 saturated carbocycles. The molecule has 0 bridgehead atoms. The molecule has 0 amide bonds. The topological polar surface area (TPSA) is 72.3 Å². The molecule has 0 aliphatic carbocycles. The van der Waals surface area contributed by atoms with E-state index < -0.39 is 11.6 Å². The van der Waals surface area contributed by atoms with Crippen LogP contribution in [-0.4, -0.2) is 15.9 Å². The molecule has 0 spiro atoms. The van der Waals surface area contributed by atoms with E-state index in [1.807, 2.05) is 13.8 Å². The Morgan fingerprint density at radius 2 is 2.14 bits per heavy atom. The van der Waals surface area contributed by atoms with E-state index in [1.165, 1.54) is 0 Å². The fraction of sp³-hybridized carbons (Fsp3) is 0.700. The Labute approximate surface area is 84.1 Å². The van der Waals surface area contributed by atoms with Gasteiger partial charge in [0.1, 0.15) is 11.5 Å². The highest BCUT2D eigenvalue weighted by Gasteiger charge is 2.33. The van der Waals surface area contributed by atoms with Gasteiger partial charge in [-0.25, -0.2) is 0 Å². The van der Waals surface area contributed by atoms with Crippen molar-refractivity contribution < 1.29 is 9.63 Å². The quantitative estimate of drug-likeness (QED) is 0.769. The number of nitrogens with two attached hydrogens (primary N) is 1. The molecule has 0 fully saturated rings. The number of aliphatic hydroxyl groups is 1. The lowest BCUT2D eigenvalue weighted by Gasteiger charge is -2.30. The maximum absolute atomic E-state index is 10.2. The van der Waals surface area contributed by atoms with Crippen LogP contribution in [0, 0.1) is 6.92 Å². The highest BCUT2D eigenvalue weighted by molar-refractivity contribution is 5.12. The van der Waals surface area contributed by atoms with Crippen LogP contribution in [-0.2, 0) is 0 Å². The monoisotopic (exact) mass is 198 g/mol. The number of aryl methyl sites for hydroxylation is 1. The van der Waals surface area contributed by atoms with Gasteiger partial charge < -0.3 is 15.4 Å². The molecule has 14 heavy (non-hydrogen) atoms. The molecule has 1 aromatic rings. The van der Waals surface area contributed by atoms with Crippen molar-refractivity contribution in [3.8, 4) is 0 Å². The number of hydrogen-bond donors (Lipinski definition) is 2. The Bertz CT molecular complexity index is 292. The average molecular weight is 198 g/mol. The lowest BCUT2D eigenvalue weighted by atomic mass is 9.87. The smallest absolute Gasteiger partial charge is 0.133 e. The van der Waals surface area contributed by atoms with Gasteiger partial charge in [0.2, 0.25) is 0 Å². The van der Waals surface area contributed by atoms with Crippen molar-refractivity contribution in [3.05, 3.63) is 17.5 Å². The van der Waals surface area contributed by atoms with Crippen LogP contribution < -0.4 is 5.73 Å². The van der Waals surface area contributed by atoms with E-state index in [0.29, 0.717) is 24.3 Å². The molecule has 0 aromatic carbocycles. The molecule has 0 saturated heterocycles. The van der Waals surface area contributed by atoms with Gasteiger partial charge in [-0.3, -0.25) is 0 Å². The van der Waals surface area contributed by atoms with E-state index in [0.717, 1.165) is 0 Å². The zero-order chi connectivity index (χ0) is 10.8. The van der Waals surface area contributed by atoms with E-state index in [4.69, 9.17) is 10.3 Å². The van der Waals surface area contributed by atoms with Crippen molar-refractivity contribution in [2.75, 3.05) is 0 Å². The normalized spacial score (nSPS) is 14.4. The number of aromatic nitrogens is 1. The molecule has 0 aliphatic heterocycles. The van der Waals surface area contributed by atoms with Gasteiger partial charge in [-0.15, -0.1) is 0 Å². The predicted octanol–water partition coefficient (Wildman–Crippen LogP) is 1.53. The summed E-state index contributed by atoms with van der Waals surface area (Å²) in [7, 11) is 0. The lowest BCUT2D eigenvalue weighted by Crippen LogP contribution is -2.40. The SMILES string of the molecule is CCC(O)(CC)C(N)c1cc(C)on1. The van der Waals surface area contributed by atoms with Crippen molar-refractivity contribution >= 4 is 0 Å². The van der Waals surface area contributed by atoms with E-state index in [9.17, 15) is 5.11 Å². The standard InChI is InChI=1S/C10H18N2O2/c1-4-10(13,5-2)9(11)8-6-7(3)14-12-8/h6,9,13H,4-5,11H2,1-3H3. The Balaban J connectivity index is 2.88. The van der Waals surface area contributed by atoms with E-state index in [-0.39, 0.29) is 0 Å². The van der Waals surface area contributed by atoms with Gasteiger partial charge in [0.25, 0.3) is 0 Å². The summed E-state index contributed by atoms with van der Waals surface area (Å²) in [4.78, 5) is 0. The summed E-state index contributed by atoms with van der Waals surface area (Å²) in [5, 5.41) is 14.0. The fourth-order valence-corrected chi connectivity index (χ4v) is 1.50. The van der Waals surface area contributed by atoms with Crippen molar-refractivity contribution in [1.29, 1.82) is 0 Å². The minimum atomic E-state index is -0.886. The first-order valence-electron chi connectivity index (χ1n) is 4.94. The number of hydrogen-bond acceptors (Lipinski definition) is 4. The van der Waals surface area contributed by atoms with Crippen LogP contribution >= 0.6 is 0 Å². The third-order valence-corrected chi connectivity index (χ3v) is 2.77. The third-order valence-electron chi connectivity index (χ3n) is 2.77. The molecular weight excluding hydrogens is 180 g/mol. The summed E-state index contributed by atoms with van der Waals surface area (Å²) in [5.74, 6) is 0.713. The maximum Gasteiger partial charge on any atom is 0.133 e. The summed E-state index contributed by atoms with van der Waals surface area (Å²) in [6.07, 6.45) is 1.22. The van der Waals surface area contributed by atoms with Gasteiger partial charge in [0.15, 0.2) is 0 Å². The van der Waals surface area contributed by atoms with Crippen LogP contribution in [0.4, 0.5) is 0 Å². The molecule has 4 nitrogen and oxygen atoms in total. The van der Waals surface area contributed by atoms with Crippen LogP contribution in [0.25, 0.3) is 0 Å². The molecule has 1 rings (SSSR count). The molecule has 80 valence electrons. The maximum atomic E-state index is 10.2. The Morgan fingerprint density at radius 3 is 2.50 bits per heavy atom. The minimum absolute atomic E-state index is 0.477. The second-order valence-electron chi connectivity index (χ2n) is 3.65. The summed E-state index contributed by atoms with van der Waals surface area (Å²) < 4.78 is 4.93. The Kier molecular flexibility index (Phi) is 3.29. The Hall–Kier alpha value is -0.870. The summed E-state index contributed by atoms with van der Waals surface area (Å²) in [6.45, 7) is 5.63.